The number of nitro groups is 1. The molecule has 0 saturated carbocycles. The van der Waals surface area contributed by atoms with Gasteiger partial charge >= 0.3 is 5.69 Å². The quantitative estimate of drug-likeness (QED) is 0.258. The predicted molar refractivity (Wildman–Crippen MR) is 124 cm³/mol. The Bertz CT molecular complexity index is 1220. The molecule has 1 aromatic heterocycles. The maximum absolute atomic E-state index is 13.2. The summed E-state index contributed by atoms with van der Waals surface area (Å²) in [5.74, 6) is 0.547. The second-order valence-electron chi connectivity index (χ2n) is 7.44. The lowest BCUT2D eigenvalue weighted by molar-refractivity contribution is -0.386. The van der Waals surface area contributed by atoms with Crippen LogP contribution in [0.5, 0.6) is 5.75 Å². The van der Waals surface area contributed by atoms with Crippen LogP contribution in [0.25, 0.3) is 10.9 Å². The van der Waals surface area contributed by atoms with Crippen molar-refractivity contribution in [3.05, 3.63) is 72.7 Å². The zero-order valence-electron chi connectivity index (χ0n) is 17.7. The van der Waals surface area contributed by atoms with Gasteiger partial charge in [-0.1, -0.05) is 42.8 Å². The van der Waals surface area contributed by atoms with Gasteiger partial charge in [0, 0.05) is 22.0 Å². The molecule has 0 unspecified atom stereocenters. The fraction of sp³-hybridized carbons (Fsp3) is 0.318. The van der Waals surface area contributed by atoms with Crippen LogP contribution in [0.2, 0.25) is 0 Å². The molecule has 0 N–H and O–H groups in total. The third-order valence-corrected chi connectivity index (χ3v) is 5.27. The molecule has 0 bridgehead atoms. The molecule has 162 valence electrons. The topological polar surface area (TPSA) is 99.6 Å². The zero-order valence-corrected chi connectivity index (χ0v) is 19.3. The van der Waals surface area contributed by atoms with Gasteiger partial charge < -0.3 is 4.74 Å². The summed E-state index contributed by atoms with van der Waals surface area (Å²) < 4.78 is 7.83. The van der Waals surface area contributed by atoms with Crippen LogP contribution in [0.4, 0.5) is 5.69 Å². The van der Waals surface area contributed by atoms with Crippen LogP contribution in [0.1, 0.15) is 51.4 Å². The Morgan fingerprint density at radius 3 is 2.68 bits per heavy atom. The van der Waals surface area contributed by atoms with E-state index < -0.39 is 4.92 Å². The van der Waals surface area contributed by atoms with E-state index in [9.17, 15) is 14.9 Å². The summed E-state index contributed by atoms with van der Waals surface area (Å²) in [4.78, 5) is 28.8. The second-order valence-corrected chi connectivity index (χ2v) is 8.35. The number of hydrogen-bond donors (Lipinski definition) is 0. The molecule has 1 heterocycles. The number of hydrogen-bond acceptors (Lipinski definition) is 6. The molecular weight excluding hydrogens is 464 g/mol. The fourth-order valence-electron chi connectivity index (χ4n) is 2.97. The molecule has 0 saturated heterocycles. The van der Waals surface area contributed by atoms with Crippen molar-refractivity contribution in [2.75, 3.05) is 0 Å². The summed E-state index contributed by atoms with van der Waals surface area (Å²) in [5, 5.41) is 16.3. The summed E-state index contributed by atoms with van der Waals surface area (Å²) >= 11 is 3.38. The molecule has 0 aliphatic carbocycles. The molecule has 0 aliphatic rings. The highest BCUT2D eigenvalue weighted by atomic mass is 79.9. The van der Waals surface area contributed by atoms with Crippen molar-refractivity contribution in [1.82, 2.24) is 9.66 Å². The van der Waals surface area contributed by atoms with Gasteiger partial charge in [0.25, 0.3) is 5.56 Å². The van der Waals surface area contributed by atoms with Crippen molar-refractivity contribution >= 4 is 38.7 Å². The molecule has 1 atom stereocenters. The van der Waals surface area contributed by atoms with Gasteiger partial charge in [-0.25, -0.2) is 4.98 Å². The monoisotopic (exact) mass is 486 g/mol. The molecule has 9 heteroatoms. The minimum atomic E-state index is -0.490. The maximum atomic E-state index is 13.2. The van der Waals surface area contributed by atoms with Crippen molar-refractivity contribution in [3.8, 4) is 5.75 Å². The molecule has 31 heavy (non-hydrogen) atoms. The Balaban J connectivity index is 2.19. The van der Waals surface area contributed by atoms with Gasteiger partial charge in [-0.3, -0.25) is 14.9 Å². The van der Waals surface area contributed by atoms with Gasteiger partial charge in [-0.05, 0) is 37.6 Å². The van der Waals surface area contributed by atoms with Crippen molar-refractivity contribution in [3.63, 3.8) is 0 Å². The largest absolute Gasteiger partial charge is 0.483 e. The van der Waals surface area contributed by atoms with E-state index in [-0.39, 0.29) is 29.0 Å². The highest BCUT2D eigenvalue weighted by Crippen LogP contribution is 2.31. The molecule has 0 radical (unpaired) electrons. The number of para-hydroxylation sites is 1. The van der Waals surface area contributed by atoms with E-state index >= 15 is 0 Å². The smallest absolute Gasteiger partial charge is 0.311 e. The molecule has 3 aromatic rings. The van der Waals surface area contributed by atoms with Crippen molar-refractivity contribution in [2.24, 2.45) is 5.10 Å². The van der Waals surface area contributed by atoms with E-state index in [4.69, 9.17) is 4.74 Å². The number of halogens is 1. The van der Waals surface area contributed by atoms with Crippen LogP contribution < -0.4 is 10.3 Å². The Hall–Kier alpha value is -3.07. The molecule has 0 fully saturated rings. The minimum absolute atomic E-state index is 0.0705. The van der Waals surface area contributed by atoms with Crippen molar-refractivity contribution in [2.45, 2.75) is 46.1 Å². The number of nitrogens with zero attached hydrogens (tertiary/aromatic N) is 4. The van der Waals surface area contributed by atoms with Crippen LogP contribution in [0.15, 0.2) is 50.8 Å². The molecule has 0 amide bonds. The summed E-state index contributed by atoms with van der Waals surface area (Å²) in [5.41, 5.74) is 0.521. The lowest BCUT2D eigenvalue weighted by atomic mass is 10.1. The summed E-state index contributed by atoms with van der Waals surface area (Å²) in [7, 11) is 0. The molecule has 0 spiro atoms. The standard InChI is InChI=1S/C22H23BrN4O4/c1-5-14(4)31-20-15(7-6-8-19(20)27(29)30)12-24-26-21(13(2)3)25-18-10-9-16(23)11-17(18)22(26)28/h6-14H,5H2,1-4H3/t14-/m0/s1. The Morgan fingerprint density at radius 1 is 1.29 bits per heavy atom. The van der Waals surface area contributed by atoms with E-state index in [1.807, 2.05) is 33.8 Å². The van der Waals surface area contributed by atoms with Gasteiger partial charge in [-0.15, -0.1) is 0 Å². The summed E-state index contributed by atoms with van der Waals surface area (Å²) in [6.45, 7) is 7.61. The minimum Gasteiger partial charge on any atom is -0.483 e. The van der Waals surface area contributed by atoms with Crippen LogP contribution in [0.3, 0.4) is 0 Å². The number of rotatable bonds is 7. The zero-order chi connectivity index (χ0) is 22.7. The van der Waals surface area contributed by atoms with Gasteiger partial charge in [0.15, 0.2) is 0 Å². The second kappa shape index (κ2) is 9.38. The van der Waals surface area contributed by atoms with Crippen LogP contribution in [-0.2, 0) is 0 Å². The average molecular weight is 487 g/mol. The third kappa shape index (κ3) is 4.82. The summed E-state index contributed by atoms with van der Waals surface area (Å²) in [6, 6.07) is 9.92. The number of nitro benzene ring substituents is 1. The highest BCUT2D eigenvalue weighted by molar-refractivity contribution is 9.10. The average Bonchev–Trinajstić information content (AvgIpc) is 2.73. The molecule has 8 nitrogen and oxygen atoms in total. The first-order valence-corrected chi connectivity index (χ1v) is 10.7. The molecular formula is C22H23BrN4O4. The first-order valence-electron chi connectivity index (χ1n) is 9.93. The van der Waals surface area contributed by atoms with Gasteiger partial charge in [0.2, 0.25) is 5.75 Å². The number of ether oxygens (including phenoxy) is 1. The van der Waals surface area contributed by atoms with Crippen molar-refractivity contribution in [1.29, 1.82) is 0 Å². The Kier molecular flexibility index (Phi) is 6.84. The van der Waals surface area contributed by atoms with Crippen LogP contribution >= 0.6 is 15.9 Å². The maximum Gasteiger partial charge on any atom is 0.311 e. The molecule has 0 aliphatic heterocycles. The first kappa shape index (κ1) is 22.6. The lowest BCUT2D eigenvalue weighted by Crippen LogP contribution is -2.23. The third-order valence-electron chi connectivity index (χ3n) is 4.78. The van der Waals surface area contributed by atoms with E-state index in [0.29, 0.717) is 28.7 Å². The van der Waals surface area contributed by atoms with E-state index in [0.717, 1.165) is 4.47 Å². The fourth-order valence-corrected chi connectivity index (χ4v) is 3.33. The van der Waals surface area contributed by atoms with E-state index in [1.54, 1.807) is 24.3 Å². The van der Waals surface area contributed by atoms with E-state index in [2.05, 4.69) is 26.0 Å². The van der Waals surface area contributed by atoms with Gasteiger partial charge in [0.05, 0.1) is 28.1 Å². The molecule has 2 aromatic carbocycles. The molecule has 3 rings (SSSR count). The lowest BCUT2D eigenvalue weighted by Gasteiger charge is -2.15. The first-order chi connectivity index (χ1) is 14.7. The summed E-state index contributed by atoms with van der Waals surface area (Å²) in [6.07, 6.45) is 1.87. The van der Waals surface area contributed by atoms with Crippen molar-refractivity contribution < 1.29 is 9.66 Å². The van der Waals surface area contributed by atoms with Gasteiger partial charge in [0.1, 0.15) is 5.82 Å². The van der Waals surface area contributed by atoms with Crippen LogP contribution in [-0.4, -0.2) is 26.9 Å². The SMILES string of the molecule is CC[C@H](C)Oc1c(C=Nn2c(C(C)C)nc3ccc(Br)cc3c2=O)cccc1[N+](=O)[O-]. The number of fused-ring (bicyclic) bond motifs is 1. The van der Waals surface area contributed by atoms with Crippen LogP contribution in [0, 0.1) is 10.1 Å². The normalized spacial score (nSPS) is 12.6. The Labute approximate surface area is 187 Å². The van der Waals surface area contributed by atoms with E-state index in [1.165, 1.54) is 17.0 Å². The predicted octanol–water partition coefficient (Wildman–Crippen LogP) is 5.25. The number of aromatic nitrogens is 2. The van der Waals surface area contributed by atoms with Gasteiger partial charge in [-0.2, -0.15) is 9.78 Å². The Morgan fingerprint density at radius 2 is 2.03 bits per heavy atom. The highest BCUT2D eigenvalue weighted by Gasteiger charge is 2.20. The number of benzene rings is 2.